The molecule has 0 aliphatic heterocycles. The Kier molecular flexibility index (Phi) is 6.17. The number of phenolic OH excluding ortho intramolecular Hbond substituents is 1. The first-order valence-electron chi connectivity index (χ1n) is 6.36. The van der Waals surface area contributed by atoms with Crippen LogP contribution >= 0.6 is 35.6 Å². The lowest BCUT2D eigenvalue weighted by Gasteiger charge is -2.10. The van der Waals surface area contributed by atoms with Crippen LogP contribution in [0.2, 0.25) is 5.02 Å². The van der Waals surface area contributed by atoms with Crippen molar-refractivity contribution in [2.24, 2.45) is 0 Å². The van der Waals surface area contributed by atoms with Crippen LogP contribution in [0, 0.1) is 0 Å². The molecule has 0 atom stereocenters. The number of thioether (sulfide) groups is 1. The molecule has 2 rings (SSSR count). The first-order valence-corrected chi connectivity index (χ1v) is 8.13. The van der Waals surface area contributed by atoms with E-state index in [1.165, 1.54) is 4.90 Å². The Hall–Kier alpha value is -1.43. The molecule has 0 radical (unpaired) electrons. The van der Waals surface area contributed by atoms with Gasteiger partial charge in [-0.1, -0.05) is 11.6 Å². The smallest absolute Gasteiger partial charge is 0.170 e. The predicted octanol–water partition coefficient (Wildman–Crippen LogP) is 4.12. The molecule has 0 fully saturated rings. The van der Waals surface area contributed by atoms with Gasteiger partial charge in [-0.15, -0.1) is 11.8 Å². The first-order chi connectivity index (χ1) is 10.1. The van der Waals surface area contributed by atoms with Crippen molar-refractivity contribution in [1.29, 1.82) is 0 Å². The van der Waals surface area contributed by atoms with Crippen molar-refractivity contribution in [3.63, 3.8) is 0 Å². The van der Waals surface area contributed by atoms with Crippen LogP contribution in [0.25, 0.3) is 0 Å². The summed E-state index contributed by atoms with van der Waals surface area (Å²) < 4.78 is 0. The molecule has 0 aromatic heterocycles. The number of halogens is 1. The summed E-state index contributed by atoms with van der Waals surface area (Å²) in [6.45, 7) is 0.761. The number of hydrogen-bond acceptors (Lipinski definition) is 3. The number of phenols is 1. The molecule has 0 bridgehead atoms. The maximum absolute atomic E-state index is 9.20. The standard InChI is InChI=1S/C15H15ClN2OS2/c16-11-1-7-14(8-2-11)21-10-9-17-15(20)18-12-3-5-13(19)6-4-12/h1-8,19H,9-10H2,(H2,17,18,20). The maximum atomic E-state index is 9.20. The lowest BCUT2D eigenvalue weighted by atomic mass is 10.3. The summed E-state index contributed by atoms with van der Waals surface area (Å²) >= 11 is 12.8. The maximum Gasteiger partial charge on any atom is 0.170 e. The number of anilines is 1. The molecule has 0 saturated carbocycles. The highest BCUT2D eigenvalue weighted by atomic mass is 35.5. The van der Waals surface area contributed by atoms with E-state index in [4.69, 9.17) is 23.8 Å². The van der Waals surface area contributed by atoms with Crippen molar-refractivity contribution >= 4 is 46.4 Å². The van der Waals surface area contributed by atoms with Crippen molar-refractivity contribution in [3.8, 4) is 5.75 Å². The van der Waals surface area contributed by atoms with E-state index in [1.807, 2.05) is 24.3 Å². The summed E-state index contributed by atoms with van der Waals surface area (Å²) in [5.41, 5.74) is 0.843. The largest absolute Gasteiger partial charge is 0.508 e. The molecule has 21 heavy (non-hydrogen) atoms. The Labute approximate surface area is 138 Å². The van der Waals surface area contributed by atoms with E-state index < -0.39 is 0 Å². The number of thiocarbonyl (C=S) groups is 1. The molecule has 0 unspecified atom stereocenters. The third-order valence-corrected chi connectivity index (χ3v) is 4.11. The highest BCUT2D eigenvalue weighted by molar-refractivity contribution is 7.99. The molecule has 0 heterocycles. The van der Waals surface area contributed by atoms with E-state index in [0.717, 1.165) is 23.0 Å². The van der Waals surface area contributed by atoms with Crippen molar-refractivity contribution in [2.75, 3.05) is 17.6 Å². The Balaban J connectivity index is 1.67. The second kappa shape index (κ2) is 8.12. The fourth-order valence-corrected chi connectivity index (χ4v) is 2.70. The average molecular weight is 339 g/mol. The van der Waals surface area contributed by atoms with Gasteiger partial charge in [-0.05, 0) is 60.7 Å². The van der Waals surface area contributed by atoms with Crippen LogP contribution in [-0.2, 0) is 0 Å². The fourth-order valence-electron chi connectivity index (χ4n) is 1.58. The second-order valence-corrected chi connectivity index (χ2v) is 6.24. The molecule has 0 amide bonds. The minimum Gasteiger partial charge on any atom is -0.508 e. The minimum atomic E-state index is 0.235. The molecule has 3 nitrogen and oxygen atoms in total. The Morgan fingerprint density at radius 1 is 1.10 bits per heavy atom. The fraction of sp³-hybridized carbons (Fsp3) is 0.133. The highest BCUT2D eigenvalue weighted by Crippen LogP contribution is 2.19. The van der Waals surface area contributed by atoms with Crippen LogP contribution in [0.15, 0.2) is 53.4 Å². The molecular weight excluding hydrogens is 324 g/mol. The van der Waals surface area contributed by atoms with Crippen LogP contribution in [0.1, 0.15) is 0 Å². The number of nitrogens with one attached hydrogen (secondary N) is 2. The Morgan fingerprint density at radius 3 is 2.43 bits per heavy atom. The average Bonchev–Trinajstić information content (AvgIpc) is 2.48. The number of aromatic hydroxyl groups is 1. The molecule has 0 aliphatic rings. The number of hydrogen-bond donors (Lipinski definition) is 3. The molecule has 2 aromatic rings. The van der Waals surface area contributed by atoms with E-state index in [2.05, 4.69) is 10.6 Å². The normalized spacial score (nSPS) is 10.1. The zero-order valence-corrected chi connectivity index (χ0v) is 13.6. The highest BCUT2D eigenvalue weighted by Gasteiger charge is 1.98. The zero-order valence-electron chi connectivity index (χ0n) is 11.2. The number of rotatable bonds is 5. The van der Waals surface area contributed by atoms with E-state index in [1.54, 1.807) is 36.0 Å². The molecule has 0 saturated heterocycles. The third-order valence-electron chi connectivity index (χ3n) is 2.60. The van der Waals surface area contributed by atoms with Gasteiger partial charge < -0.3 is 15.7 Å². The van der Waals surface area contributed by atoms with Gasteiger partial charge in [0, 0.05) is 27.9 Å². The molecule has 0 aliphatic carbocycles. The Bertz CT molecular complexity index is 588. The summed E-state index contributed by atoms with van der Waals surface area (Å²) in [6, 6.07) is 14.5. The molecule has 2 aromatic carbocycles. The van der Waals surface area contributed by atoms with Crippen molar-refractivity contribution in [2.45, 2.75) is 4.90 Å². The van der Waals surface area contributed by atoms with Crippen LogP contribution in [0.5, 0.6) is 5.75 Å². The summed E-state index contributed by atoms with van der Waals surface area (Å²) in [6.07, 6.45) is 0. The van der Waals surface area contributed by atoms with Gasteiger partial charge in [0.15, 0.2) is 5.11 Å². The Morgan fingerprint density at radius 2 is 1.76 bits per heavy atom. The SMILES string of the molecule is Oc1ccc(NC(=S)NCCSc2ccc(Cl)cc2)cc1. The van der Waals surface area contributed by atoms with Crippen LogP contribution in [0.4, 0.5) is 5.69 Å². The van der Waals surface area contributed by atoms with Gasteiger partial charge >= 0.3 is 0 Å². The lowest BCUT2D eigenvalue weighted by Crippen LogP contribution is -2.30. The molecule has 6 heteroatoms. The summed E-state index contributed by atoms with van der Waals surface area (Å²) in [4.78, 5) is 1.18. The van der Waals surface area contributed by atoms with E-state index >= 15 is 0 Å². The van der Waals surface area contributed by atoms with Crippen LogP contribution in [0.3, 0.4) is 0 Å². The third kappa shape index (κ3) is 5.83. The number of benzene rings is 2. The van der Waals surface area contributed by atoms with E-state index in [-0.39, 0.29) is 5.75 Å². The second-order valence-electron chi connectivity index (χ2n) is 4.23. The van der Waals surface area contributed by atoms with Gasteiger partial charge in [0.05, 0.1) is 0 Å². The van der Waals surface area contributed by atoms with Crippen LogP contribution in [-0.4, -0.2) is 22.5 Å². The zero-order chi connectivity index (χ0) is 15.1. The van der Waals surface area contributed by atoms with E-state index in [9.17, 15) is 5.11 Å². The first kappa shape index (κ1) is 15.9. The topological polar surface area (TPSA) is 44.3 Å². The predicted molar refractivity (Wildman–Crippen MR) is 94.5 cm³/mol. The van der Waals surface area contributed by atoms with Crippen molar-refractivity contribution < 1.29 is 5.11 Å². The van der Waals surface area contributed by atoms with Gasteiger partial charge in [-0.2, -0.15) is 0 Å². The minimum absolute atomic E-state index is 0.235. The van der Waals surface area contributed by atoms with Gasteiger partial charge in [0.1, 0.15) is 5.75 Å². The quantitative estimate of drug-likeness (QED) is 0.331. The molecular formula is C15H15ClN2OS2. The van der Waals surface area contributed by atoms with E-state index in [0.29, 0.717) is 5.11 Å². The monoisotopic (exact) mass is 338 g/mol. The summed E-state index contributed by atoms with van der Waals surface area (Å²) in [5, 5.41) is 16.7. The summed E-state index contributed by atoms with van der Waals surface area (Å²) in [7, 11) is 0. The van der Waals surface area contributed by atoms with Gasteiger partial charge in [-0.25, -0.2) is 0 Å². The van der Waals surface area contributed by atoms with Gasteiger partial charge in [-0.3, -0.25) is 0 Å². The van der Waals surface area contributed by atoms with Crippen molar-refractivity contribution in [3.05, 3.63) is 53.6 Å². The van der Waals surface area contributed by atoms with Crippen LogP contribution < -0.4 is 10.6 Å². The van der Waals surface area contributed by atoms with Gasteiger partial charge in [0.2, 0.25) is 0 Å². The lowest BCUT2D eigenvalue weighted by molar-refractivity contribution is 0.475. The molecule has 0 spiro atoms. The van der Waals surface area contributed by atoms with Gasteiger partial charge in [0.25, 0.3) is 0 Å². The molecule has 3 N–H and O–H groups in total. The summed E-state index contributed by atoms with van der Waals surface area (Å²) in [5.74, 6) is 1.14. The van der Waals surface area contributed by atoms with Crippen molar-refractivity contribution in [1.82, 2.24) is 5.32 Å². The molecule has 110 valence electrons.